The fourth-order valence-electron chi connectivity index (χ4n) is 0. The van der Waals surface area contributed by atoms with E-state index in [1.54, 1.807) is 0 Å². The molecule has 0 atom stereocenters. The summed E-state index contributed by atoms with van der Waals surface area (Å²) in [5, 5.41) is 0. The molecular weight excluding hydrogens is 400 g/mol. The van der Waals surface area contributed by atoms with Crippen molar-refractivity contribution < 1.29 is 19.2 Å². The van der Waals surface area contributed by atoms with Crippen LogP contribution in [0.15, 0.2) is 0 Å². The molecule has 8 heteroatoms. The summed E-state index contributed by atoms with van der Waals surface area (Å²) in [7, 11) is -5.39. The minimum absolute atomic E-state index is 0. The zero-order valence-corrected chi connectivity index (χ0v) is 13.0. The summed E-state index contributed by atoms with van der Waals surface area (Å²) in [5.74, 6) is 0. The number of hydrogen-bond acceptors (Lipinski definition) is 4. The molecule has 0 amide bonds. The molecule has 0 aromatic rings. The average Bonchev–Trinajstić information content (AvgIpc) is 0.722. The van der Waals surface area contributed by atoms with Gasteiger partial charge in [-0.15, -0.1) is 0 Å². The molecule has 0 aliphatic rings. The SMILES string of the molecule is O=P([O-])([O-])[O-].[As-3].[In+3].[In+3]. The van der Waals surface area contributed by atoms with Gasteiger partial charge in [0.25, 0.3) is 0 Å². The van der Waals surface area contributed by atoms with Crippen LogP contribution in [0.2, 0.25) is 0 Å². The molecule has 4 nitrogen and oxygen atoms in total. The van der Waals surface area contributed by atoms with Gasteiger partial charge in [0.15, 0.2) is 0 Å². The van der Waals surface area contributed by atoms with Gasteiger partial charge in [-0.2, -0.15) is 7.82 Å². The van der Waals surface area contributed by atoms with Gasteiger partial charge in [0, 0.05) is 0 Å². The third-order valence-electron chi connectivity index (χ3n) is 0. The van der Waals surface area contributed by atoms with Gasteiger partial charge in [0.2, 0.25) is 0 Å². The van der Waals surface area contributed by atoms with Crippen molar-refractivity contribution >= 4 is 77.5 Å². The molecule has 40 valence electrons. The zero-order valence-electron chi connectivity index (χ0n) is 3.68. The van der Waals surface area contributed by atoms with Gasteiger partial charge in [0.1, 0.15) is 0 Å². The van der Waals surface area contributed by atoms with Crippen LogP contribution in [-0.2, 0) is 4.57 Å². The summed E-state index contributed by atoms with van der Waals surface area (Å²) in [6.45, 7) is 0. The number of phosphoric acid groups is 1. The molecule has 0 radical (unpaired) electrons. The maximum atomic E-state index is 8.55. The molecule has 0 rings (SSSR count). The summed E-state index contributed by atoms with van der Waals surface area (Å²) in [4.78, 5) is 25.6. The van der Waals surface area contributed by atoms with E-state index in [2.05, 4.69) is 0 Å². The third-order valence-corrected chi connectivity index (χ3v) is 0. The van der Waals surface area contributed by atoms with E-state index in [0.717, 1.165) is 0 Å². The Kier molecular flexibility index (Phi) is 26.4. The van der Waals surface area contributed by atoms with Gasteiger partial charge < -0.3 is 37.2 Å². The van der Waals surface area contributed by atoms with Crippen LogP contribution in [0.5, 0.6) is 0 Å². The Morgan fingerprint density at radius 1 is 1.00 bits per heavy atom. The normalized spacial score (nSPS) is 7.38. The standard InChI is InChI=1S/As.2In.H3O4P/c;;;1-5(2,3)4/h;;;(H3,1,2,3,4)/q-3;2*+3;/p-3. The summed E-state index contributed by atoms with van der Waals surface area (Å²) >= 11 is 0. The van der Waals surface area contributed by atoms with E-state index in [1.165, 1.54) is 0 Å². The Hall–Kier alpha value is 2.41. The molecule has 0 aromatic heterocycles. The second-order valence-electron chi connectivity index (χ2n) is 0.447. The first-order chi connectivity index (χ1) is 2.00. The van der Waals surface area contributed by atoms with Crippen molar-refractivity contribution in [2.75, 3.05) is 0 Å². The van der Waals surface area contributed by atoms with Gasteiger partial charge in [-0.25, -0.2) is 0 Å². The van der Waals surface area contributed by atoms with Gasteiger partial charge in [0.05, 0.1) is 0 Å². The Morgan fingerprint density at radius 3 is 1.00 bits per heavy atom. The number of rotatable bonds is 0. The Labute approximate surface area is 95.6 Å². The fraction of sp³-hybridized carbons (Fsp3) is 0. The molecule has 0 saturated heterocycles. The van der Waals surface area contributed by atoms with Crippen LogP contribution in [0, 0.1) is 0 Å². The second kappa shape index (κ2) is 9.41. The first-order valence-electron chi connectivity index (χ1n) is 0.730. The van der Waals surface area contributed by atoms with Crippen LogP contribution in [0.1, 0.15) is 0 Å². The van der Waals surface area contributed by atoms with Crippen LogP contribution in [-0.4, -0.2) is 69.6 Å². The van der Waals surface area contributed by atoms with Gasteiger partial charge in [-0.05, 0) is 0 Å². The molecular formula is AsIn2O4P. The quantitative estimate of drug-likeness (QED) is 0.307. The van der Waals surface area contributed by atoms with Crippen molar-refractivity contribution in [3.05, 3.63) is 0 Å². The first-order valence-corrected chi connectivity index (χ1v) is 2.19. The van der Waals surface area contributed by atoms with Crippen molar-refractivity contribution in [1.29, 1.82) is 0 Å². The van der Waals surface area contributed by atoms with E-state index in [9.17, 15) is 0 Å². The van der Waals surface area contributed by atoms with Crippen LogP contribution in [0.4, 0.5) is 0 Å². The van der Waals surface area contributed by atoms with Gasteiger partial charge in [-0.1, -0.05) is 0 Å². The maximum Gasteiger partial charge on any atom is 3.00 e. The third kappa shape index (κ3) is 79.6. The Bertz CT molecular complexity index is 60.2. The van der Waals surface area contributed by atoms with E-state index in [1.807, 2.05) is 0 Å². The minimum Gasteiger partial charge on any atom is -3.00 e. The van der Waals surface area contributed by atoms with Crippen molar-refractivity contribution in [3.63, 3.8) is 0 Å². The van der Waals surface area contributed by atoms with Crippen molar-refractivity contribution in [1.82, 2.24) is 0 Å². The second-order valence-corrected chi connectivity index (χ2v) is 1.34. The minimum atomic E-state index is -5.39. The van der Waals surface area contributed by atoms with E-state index >= 15 is 0 Å². The molecule has 0 bridgehead atoms. The van der Waals surface area contributed by atoms with Crippen LogP contribution >= 0.6 is 7.82 Å². The first kappa shape index (κ1) is 22.4. The molecule has 0 fully saturated rings. The fourth-order valence-corrected chi connectivity index (χ4v) is 0. The largest absolute Gasteiger partial charge is 3.00 e. The molecule has 0 heterocycles. The van der Waals surface area contributed by atoms with Crippen molar-refractivity contribution in [2.45, 2.75) is 0 Å². The van der Waals surface area contributed by atoms with Gasteiger partial charge >= 0.3 is 51.7 Å². The molecule has 0 N–H and O–H groups in total. The van der Waals surface area contributed by atoms with E-state index in [4.69, 9.17) is 19.2 Å². The van der Waals surface area contributed by atoms with Crippen molar-refractivity contribution in [2.24, 2.45) is 0 Å². The summed E-state index contributed by atoms with van der Waals surface area (Å²) in [6.07, 6.45) is 0. The summed E-state index contributed by atoms with van der Waals surface area (Å²) < 4.78 is 8.55. The Balaban J connectivity index is -0.0000000267. The summed E-state index contributed by atoms with van der Waals surface area (Å²) in [6, 6.07) is 0. The molecule has 0 unspecified atom stereocenters. The molecule has 0 aliphatic carbocycles. The van der Waals surface area contributed by atoms with Crippen LogP contribution in [0.25, 0.3) is 0 Å². The van der Waals surface area contributed by atoms with E-state index in [-0.39, 0.29) is 69.6 Å². The summed E-state index contributed by atoms with van der Waals surface area (Å²) in [5.41, 5.74) is 0. The number of hydrogen-bond donors (Lipinski definition) is 0. The monoisotopic (exact) mass is 400 g/mol. The molecule has 0 aromatic carbocycles. The molecule has 0 aliphatic heterocycles. The smallest absolute Gasteiger partial charge is 3.00 e. The van der Waals surface area contributed by atoms with Crippen LogP contribution < -0.4 is 14.7 Å². The topological polar surface area (TPSA) is 86.2 Å². The van der Waals surface area contributed by atoms with Crippen molar-refractivity contribution in [3.8, 4) is 0 Å². The van der Waals surface area contributed by atoms with Crippen LogP contribution in [0.3, 0.4) is 0 Å². The average molecular weight is 400 g/mol. The van der Waals surface area contributed by atoms with E-state index < -0.39 is 7.82 Å². The molecule has 0 saturated carbocycles. The zero-order chi connectivity index (χ0) is 4.50. The molecule has 8 heavy (non-hydrogen) atoms. The predicted molar refractivity (Wildman–Crippen MR) is 24.9 cm³/mol. The molecule has 0 spiro atoms. The predicted octanol–water partition coefficient (Wildman–Crippen LogP) is -3.97. The maximum absolute atomic E-state index is 8.55. The van der Waals surface area contributed by atoms with E-state index in [0.29, 0.717) is 0 Å². The Morgan fingerprint density at radius 2 is 1.00 bits per heavy atom. The van der Waals surface area contributed by atoms with Gasteiger partial charge in [-0.3, -0.25) is 0 Å².